The molecule has 84 heavy (non-hydrogen) atoms. The summed E-state index contributed by atoms with van der Waals surface area (Å²) >= 11 is 0. The number of aliphatic carboxylic acids is 1. The molecule has 18 nitrogen and oxygen atoms in total. The van der Waals surface area contributed by atoms with Gasteiger partial charge in [-0.05, 0) is 198 Å². The second kappa shape index (κ2) is 31.8. The minimum atomic E-state index is -1.56. The van der Waals surface area contributed by atoms with Crippen LogP contribution in [0.2, 0.25) is 0 Å². The highest BCUT2D eigenvalue weighted by Gasteiger charge is 2.54. The van der Waals surface area contributed by atoms with E-state index in [0.29, 0.717) is 49.6 Å². The van der Waals surface area contributed by atoms with Crippen LogP contribution < -0.4 is 5.32 Å². The molecule has 4 saturated heterocycles. The summed E-state index contributed by atoms with van der Waals surface area (Å²) in [7, 11) is 15.7. The molecule has 4 aliphatic heterocycles. The molecule has 4 rings (SSSR count). The molecule has 0 aromatic rings. The fourth-order valence-electron chi connectivity index (χ4n) is 15.3. The number of carbonyl (C=O) groups is 4. The van der Waals surface area contributed by atoms with E-state index in [1.165, 1.54) is 0 Å². The molecule has 0 aromatic heterocycles. The lowest BCUT2D eigenvalue weighted by Gasteiger charge is -2.48. The molecule has 2 unspecified atom stereocenters. The van der Waals surface area contributed by atoms with Crippen LogP contribution in [-0.2, 0) is 47.6 Å². The number of ether oxygens (including phenoxy) is 6. The van der Waals surface area contributed by atoms with Crippen LogP contribution in [0.4, 0.5) is 0 Å². The molecule has 18 heteroatoms. The van der Waals surface area contributed by atoms with Gasteiger partial charge in [-0.25, -0.2) is 0 Å². The quantitative estimate of drug-likeness (QED) is 0.0373. The highest BCUT2D eigenvalue weighted by Crippen LogP contribution is 2.46. The number of carboxylic acid groups (broad SMARTS) is 1. The van der Waals surface area contributed by atoms with Gasteiger partial charge >= 0.3 is 11.9 Å². The Kier molecular flexibility index (Phi) is 28.0. The topological polar surface area (TPSA) is 192 Å². The number of carbonyl (C=O) groups excluding carboxylic acids is 3. The molecule has 0 saturated carbocycles. The summed E-state index contributed by atoms with van der Waals surface area (Å²) in [6.07, 6.45) is 1.88. The largest absolute Gasteiger partial charge is 0.480 e. The Morgan fingerprint density at radius 1 is 0.964 bits per heavy atom. The van der Waals surface area contributed by atoms with E-state index in [9.17, 15) is 19.8 Å². The van der Waals surface area contributed by atoms with E-state index in [4.69, 9.17) is 28.4 Å². The SMILES string of the molecule is C=C(C)C(C)(C[C@H]1CN(C)[C@@H](C2CCNCC2)COC(=O)C(C)(C)C(=O)[C@H](C)[C@@H](O[C@@H]2O[C@H](C)C[C@H](N(C)C)[C@H]2O)[C@](C)(OC)C1)C(=O)[C@H](C)[C@@H](O[C@H](C)C[C@H](CC(C)C)N(C)C)[C@@](C)(CC(C)CN(C)[C@@H](CC)C1CN(CC(=O)O)C1)OC. The fourth-order valence-corrected chi connectivity index (χ4v) is 15.3. The first-order valence-corrected chi connectivity index (χ1v) is 32.0. The van der Waals surface area contributed by atoms with E-state index in [1.807, 2.05) is 58.5 Å². The number of rotatable bonds is 29. The van der Waals surface area contributed by atoms with E-state index < -0.39 is 70.4 Å². The Balaban J connectivity index is 1.87. The van der Waals surface area contributed by atoms with Crippen LogP contribution in [-0.4, -0.2) is 239 Å². The number of likely N-dealkylation sites (tertiary alicyclic amines) is 1. The van der Waals surface area contributed by atoms with Crippen molar-refractivity contribution in [2.24, 2.45) is 52.3 Å². The molecule has 0 spiro atoms. The second-order valence-electron chi connectivity index (χ2n) is 29.1. The average Bonchev–Trinajstić information content (AvgIpc) is 2.68. The predicted molar refractivity (Wildman–Crippen MR) is 333 cm³/mol. The number of aliphatic hydroxyl groups is 1. The predicted octanol–water partition coefficient (Wildman–Crippen LogP) is 7.77. The highest BCUT2D eigenvalue weighted by molar-refractivity contribution is 6.04. The molecule has 0 aromatic carbocycles. The van der Waals surface area contributed by atoms with Gasteiger partial charge in [0.15, 0.2) is 12.1 Å². The smallest absolute Gasteiger partial charge is 0.319 e. The van der Waals surface area contributed by atoms with Crippen molar-refractivity contribution in [1.29, 1.82) is 0 Å². The number of ketones is 2. The van der Waals surface area contributed by atoms with Crippen LogP contribution in [0, 0.1) is 52.3 Å². The summed E-state index contributed by atoms with van der Waals surface area (Å²) in [6, 6.07) is 0.0428. The van der Waals surface area contributed by atoms with Crippen LogP contribution in [0.25, 0.3) is 0 Å². The third-order valence-electron chi connectivity index (χ3n) is 20.5. The van der Waals surface area contributed by atoms with Gasteiger partial charge in [0.05, 0.1) is 42.2 Å². The number of hydrogen-bond donors (Lipinski definition) is 3. The average molecular weight is 1190 g/mol. The first-order chi connectivity index (χ1) is 39.0. The van der Waals surface area contributed by atoms with Gasteiger partial charge in [0.1, 0.15) is 23.9 Å². The van der Waals surface area contributed by atoms with Gasteiger partial charge in [0.25, 0.3) is 0 Å². The molecule has 488 valence electrons. The zero-order chi connectivity index (χ0) is 63.6. The summed E-state index contributed by atoms with van der Waals surface area (Å²) in [5.74, 6) is -2.57. The van der Waals surface area contributed by atoms with E-state index in [-0.39, 0.29) is 78.8 Å². The first kappa shape index (κ1) is 74.0. The Hall–Kier alpha value is -2.46. The van der Waals surface area contributed by atoms with Crippen LogP contribution in [0.5, 0.6) is 0 Å². The van der Waals surface area contributed by atoms with Gasteiger partial charge in [0.2, 0.25) is 0 Å². The first-order valence-electron chi connectivity index (χ1n) is 32.0. The number of esters is 1. The van der Waals surface area contributed by atoms with Crippen molar-refractivity contribution in [1.82, 2.24) is 29.8 Å². The zero-order valence-electron chi connectivity index (χ0n) is 56.8. The Morgan fingerprint density at radius 3 is 2.11 bits per heavy atom. The molecule has 3 N–H and O–H groups in total. The maximum Gasteiger partial charge on any atom is 0.319 e. The molecule has 0 amide bonds. The normalized spacial score (nSPS) is 31.4. The number of hydrogen-bond acceptors (Lipinski definition) is 17. The maximum absolute atomic E-state index is 16.4. The minimum absolute atomic E-state index is 0.0115. The molecule has 4 aliphatic rings. The number of Topliss-reactive ketones (excluding diaryl/α,β-unsaturated/α-hetero) is 2. The Labute approximate surface area is 509 Å². The minimum Gasteiger partial charge on any atom is -0.480 e. The van der Waals surface area contributed by atoms with Gasteiger partial charge < -0.3 is 58.7 Å². The number of nitrogens with zero attached hydrogens (tertiary/aromatic N) is 5. The molecule has 0 aliphatic carbocycles. The summed E-state index contributed by atoms with van der Waals surface area (Å²) in [5.41, 5.74) is -4.13. The number of carboxylic acids is 1. The van der Waals surface area contributed by atoms with Gasteiger partial charge in [-0.2, -0.15) is 0 Å². The maximum atomic E-state index is 16.4. The number of aliphatic hydroxyl groups excluding tert-OH is 1. The summed E-state index contributed by atoms with van der Waals surface area (Å²) in [5, 5.41) is 24.9. The molecule has 4 heterocycles. The summed E-state index contributed by atoms with van der Waals surface area (Å²) in [6.45, 7) is 37.3. The number of nitrogens with one attached hydrogen (secondary N) is 1. The van der Waals surface area contributed by atoms with Gasteiger partial charge in [-0.3, -0.25) is 29.0 Å². The van der Waals surface area contributed by atoms with E-state index in [1.54, 1.807) is 35.0 Å². The summed E-state index contributed by atoms with van der Waals surface area (Å²) in [4.78, 5) is 68.4. The number of allylic oxidation sites excluding steroid dienone is 1. The molecular weight excluding hydrogens is 1070 g/mol. The van der Waals surface area contributed by atoms with Crippen molar-refractivity contribution < 1.29 is 57.8 Å². The van der Waals surface area contributed by atoms with Crippen molar-refractivity contribution >= 4 is 23.5 Å². The van der Waals surface area contributed by atoms with Crippen LogP contribution in [0.1, 0.15) is 155 Å². The summed E-state index contributed by atoms with van der Waals surface area (Å²) < 4.78 is 40.6. The van der Waals surface area contributed by atoms with Crippen molar-refractivity contribution in [2.45, 2.75) is 227 Å². The lowest BCUT2D eigenvalue weighted by molar-refractivity contribution is -0.296. The molecule has 0 bridgehead atoms. The third kappa shape index (κ3) is 18.8. The van der Waals surface area contributed by atoms with Crippen molar-refractivity contribution in [2.75, 3.05) is 109 Å². The van der Waals surface area contributed by atoms with Gasteiger partial charge in [-0.1, -0.05) is 53.7 Å². The van der Waals surface area contributed by atoms with Crippen LogP contribution in [0.15, 0.2) is 12.2 Å². The van der Waals surface area contributed by atoms with Crippen molar-refractivity contribution in [3.63, 3.8) is 0 Å². The third-order valence-corrected chi connectivity index (χ3v) is 20.5. The molecular formula is C66H122N6O12. The highest BCUT2D eigenvalue weighted by atomic mass is 16.7. The van der Waals surface area contributed by atoms with Crippen molar-refractivity contribution in [3.8, 4) is 0 Å². The lowest BCUT2D eigenvalue weighted by Crippen LogP contribution is -2.59. The number of methoxy groups -OCH3 is 2. The molecule has 17 atom stereocenters. The van der Waals surface area contributed by atoms with Gasteiger partial charge in [0, 0.05) is 81.8 Å². The van der Waals surface area contributed by atoms with Crippen molar-refractivity contribution in [3.05, 3.63) is 12.2 Å². The second-order valence-corrected chi connectivity index (χ2v) is 29.1. The monoisotopic (exact) mass is 1190 g/mol. The molecule has 0 radical (unpaired) electrons. The fraction of sp³-hybridized carbons (Fsp3) is 0.909. The Bertz CT molecular complexity index is 2100. The molecule has 4 fully saturated rings. The van der Waals surface area contributed by atoms with E-state index >= 15 is 9.59 Å². The van der Waals surface area contributed by atoms with E-state index in [2.05, 4.69) is 96.3 Å². The lowest BCUT2D eigenvalue weighted by atomic mass is 9.65. The van der Waals surface area contributed by atoms with Crippen LogP contribution in [0.3, 0.4) is 0 Å². The van der Waals surface area contributed by atoms with Gasteiger partial charge in [-0.15, -0.1) is 0 Å². The number of likely N-dealkylation sites (N-methyl/N-ethyl adjacent to an activating group) is 2. The standard InChI is InChI=1S/C66H122N6O12/c1-24-52(50-37-72(38-50)39-55(73)74)70(20)35-43(6)32-65(14,79-22)59(82-44(7)30-51(68(16)17)29-41(2)3)47(10)58(77)64(13,42(4)5)33-48-34-66(15,80-23)60(84-61-56(75)53(69(18)19)31-45(8)83-61)46(9)57(76)63(11,12)62(78)81-40-54(71(21)36-48)49-25-27-67-28-26-49/h41,43-54,56,59-61,67,75H,4,24-40H2,1-3,5-23H3,(H,73,74)/t43?,44-,45-,46+,47+,48-,51+,52+,53+,54-,56-,59-,60-,61+,64?,65-,66-/m1/s1. The zero-order valence-corrected chi connectivity index (χ0v) is 56.8. The van der Waals surface area contributed by atoms with E-state index in [0.717, 1.165) is 64.8 Å². The van der Waals surface area contributed by atoms with Crippen LogP contribution >= 0.6 is 0 Å². The Morgan fingerprint density at radius 2 is 1.58 bits per heavy atom. The number of piperidine rings is 1. The number of cyclic esters (lactones) is 1.